The number of sulfone groups is 1. The first-order valence-electron chi connectivity index (χ1n) is 9.95. The Morgan fingerprint density at radius 2 is 1.67 bits per heavy atom. The average molecular weight is 465 g/mol. The summed E-state index contributed by atoms with van der Waals surface area (Å²) in [4.78, 5) is 14.8. The summed E-state index contributed by atoms with van der Waals surface area (Å²) in [6.07, 6.45) is 1.34. The van der Waals surface area contributed by atoms with Crippen LogP contribution in [0.25, 0.3) is 0 Å². The van der Waals surface area contributed by atoms with Gasteiger partial charge in [0.2, 0.25) is 22.4 Å². The molecule has 8 nitrogen and oxygen atoms in total. The van der Waals surface area contributed by atoms with E-state index in [4.69, 9.17) is 18.9 Å². The summed E-state index contributed by atoms with van der Waals surface area (Å²) < 4.78 is 48.2. The summed E-state index contributed by atoms with van der Waals surface area (Å²) in [5.41, 5.74) is 1.21. The number of carbonyl (C=O) groups is 1. The fourth-order valence-electron chi connectivity index (χ4n) is 3.81. The molecule has 0 spiro atoms. The van der Waals surface area contributed by atoms with Gasteiger partial charge in [0.05, 0.1) is 24.8 Å². The minimum absolute atomic E-state index is 0.0361. The summed E-state index contributed by atoms with van der Waals surface area (Å²) in [5, 5.41) is 0. The second-order valence-electron chi connectivity index (χ2n) is 7.27. The summed E-state index contributed by atoms with van der Waals surface area (Å²) in [6, 6.07) is 16.3. The molecule has 0 aliphatic carbocycles. The van der Waals surface area contributed by atoms with E-state index >= 15 is 0 Å². The molecule has 3 aromatic rings. The van der Waals surface area contributed by atoms with E-state index in [0.717, 1.165) is 0 Å². The molecule has 0 atom stereocenters. The molecule has 0 radical (unpaired) electrons. The van der Waals surface area contributed by atoms with E-state index in [0.29, 0.717) is 34.4 Å². The predicted molar refractivity (Wildman–Crippen MR) is 120 cm³/mol. The van der Waals surface area contributed by atoms with E-state index in [1.165, 1.54) is 38.6 Å². The molecule has 0 saturated heterocycles. The molecule has 3 aromatic carbocycles. The number of anilines is 2. The van der Waals surface area contributed by atoms with Gasteiger partial charge in [-0.1, -0.05) is 12.1 Å². The molecular formula is C24H19NO7S. The highest BCUT2D eigenvalue weighted by Gasteiger charge is 2.36. The van der Waals surface area contributed by atoms with E-state index in [1.54, 1.807) is 47.4 Å². The number of fused-ring (bicyclic) bond motifs is 2. The number of hydrogen-bond donors (Lipinski definition) is 0. The van der Waals surface area contributed by atoms with Crippen molar-refractivity contribution in [2.75, 3.05) is 25.9 Å². The van der Waals surface area contributed by atoms with Gasteiger partial charge in [-0.25, -0.2) is 8.42 Å². The van der Waals surface area contributed by atoms with Gasteiger partial charge in [-0.15, -0.1) is 0 Å². The van der Waals surface area contributed by atoms with Crippen LogP contribution in [0.3, 0.4) is 0 Å². The van der Waals surface area contributed by atoms with E-state index in [1.807, 2.05) is 0 Å². The highest BCUT2D eigenvalue weighted by atomic mass is 32.2. The van der Waals surface area contributed by atoms with Crippen LogP contribution in [-0.4, -0.2) is 35.2 Å². The maximum Gasteiger partial charge on any atom is 0.231 e. The van der Waals surface area contributed by atoms with Crippen LogP contribution < -0.4 is 23.8 Å². The molecule has 0 N–H and O–H groups in total. The Morgan fingerprint density at radius 1 is 0.909 bits per heavy atom. The molecule has 0 unspecified atom stereocenters. The largest absolute Gasteiger partial charge is 0.493 e. The third-order valence-corrected chi connectivity index (χ3v) is 7.25. The Labute approximate surface area is 190 Å². The van der Waals surface area contributed by atoms with Crippen molar-refractivity contribution in [1.29, 1.82) is 0 Å². The van der Waals surface area contributed by atoms with Gasteiger partial charge in [0, 0.05) is 23.5 Å². The smallest absolute Gasteiger partial charge is 0.231 e. The molecule has 0 aromatic heterocycles. The van der Waals surface area contributed by atoms with E-state index in [9.17, 15) is 13.2 Å². The summed E-state index contributed by atoms with van der Waals surface area (Å²) in [7, 11) is -1.15. The van der Waals surface area contributed by atoms with Crippen molar-refractivity contribution in [3.8, 4) is 23.0 Å². The van der Waals surface area contributed by atoms with Gasteiger partial charge in [-0.05, 0) is 42.5 Å². The van der Waals surface area contributed by atoms with Crippen LogP contribution in [0.4, 0.5) is 11.4 Å². The molecule has 9 heteroatoms. The summed E-state index contributed by atoms with van der Waals surface area (Å²) >= 11 is 0. The first-order chi connectivity index (χ1) is 15.9. The second kappa shape index (κ2) is 7.86. The van der Waals surface area contributed by atoms with Crippen molar-refractivity contribution in [1.82, 2.24) is 0 Å². The second-order valence-corrected chi connectivity index (χ2v) is 9.16. The fourth-order valence-corrected chi connectivity index (χ4v) is 5.35. The van der Waals surface area contributed by atoms with Crippen molar-refractivity contribution in [2.45, 2.75) is 4.90 Å². The minimum atomic E-state index is -4.08. The summed E-state index contributed by atoms with van der Waals surface area (Å²) in [5.74, 6) is 1.24. The lowest BCUT2D eigenvalue weighted by molar-refractivity contribution is 0.104. The number of carbonyl (C=O) groups excluding carboxylic acids is 1. The number of Topliss-reactive ketones (excluding diaryl/α,β-unsaturated/α-hetero) is 1. The number of rotatable bonds is 5. The van der Waals surface area contributed by atoms with E-state index < -0.39 is 15.6 Å². The topological polar surface area (TPSA) is 91.4 Å². The van der Waals surface area contributed by atoms with Crippen LogP contribution in [0.2, 0.25) is 0 Å². The number of methoxy groups -OCH3 is 2. The number of ether oxygens (including phenoxy) is 4. The first-order valence-corrected chi connectivity index (χ1v) is 11.4. The highest BCUT2D eigenvalue weighted by Crippen LogP contribution is 2.43. The quantitative estimate of drug-likeness (QED) is 0.521. The Morgan fingerprint density at radius 3 is 2.45 bits per heavy atom. The third kappa shape index (κ3) is 3.37. The lowest BCUT2D eigenvalue weighted by Gasteiger charge is -2.29. The predicted octanol–water partition coefficient (Wildman–Crippen LogP) is 4.08. The molecule has 2 heterocycles. The van der Waals surface area contributed by atoms with E-state index in [-0.39, 0.29) is 22.2 Å². The first kappa shape index (κ1) is 20.9. The molecular weight excluding hydrogens is 446 g/mol. The molecule has 168 valence electrons. The van der Waals surface area contributed by atoms with Crippen molar-refractivity contribution in [3.63, 3.8) is 0 Å². The lowest BCUT2D eigenvalue weighted by Crippen LogP contribution is -2.25. The molecule has 5 rings (SSSR count). The van der Waals surface area contributed by atoms with Crippen molar-refractivity contribution >= 4 is 27.0 Å². The van der Waals surface area contributed by atoms with Gasteiger partial charge in [0.15, 0.2) is 23.0 Å². The lowest BCUT2D eigenvalue weighted by atomic mass is 10.1. The van der Waals surface area contributed by atoms with Crippen LogP contribution >= 0.6 is 0 Å². The standard InChI is InChI=1S/C24H19NO7S/c1-29-18-9-7-15(11-20(18)30-2)24(26)23-13-25(16-8-10-19-21(12-16)32-14-31-19)17-5-3-4-6-22(17)33(23,27)28/h3-13H,14H2,1-2H3. The molecule has 33 heavy (non-hydrogen) atoms. The minimum Gasteiger partial charge on any atom is -0.493 e. The number of para-hydroxylation sites is 1. The molecule has 2 aliphatic rings. The molecule has 0 bridgehead atoms. The van der Waals surface area contributed by atoms with Crippen LogP contribution in [0.15, 0.2) is 76.7 Å². The van der Waals surface area contributed by atoms with Crippen molar-refractivity contribution < 1.29 is 32.2 Å². The van der Waals surface area contributed by atoms with Gasteiger partial charge in [0.1, 0.15) is 4.91 Å². The highest BCUT2D eigenvalue weighted by molar-refractivity contribution is 7.96. The molecule has 0 saturated carbocycles. The van der Waals surface area contributed by atoms with Crippen LogP contribution in [0.5, 0.6) is 23.0 Å². The van der Waals surface area contributed by atoms with Crippen molar-refractivity contribution in [3.05, 3.63) is 77.3 Å². The third-order valence-electron chi connectivity index (χ3n) is 5.45. The Hall–Kier alpha value is -3.98. The summed E-state index contributed by atoms with van der Waals surface area (Å²) in [6.45, 7) is 0.114. The Bertz CT molecular complexity index is 1410. The van der Waals surface area contributed by atoms with Gasteiger partial charge >= 0.3 is 0 Å². The normalized spacial score (nSPS) is 15.5. The molecule has 0 fully saturated rings. The Kier molecular flexibility index (Phi) is 4.98. The zero-order chi connectivity index (χ0) is 23.2. The van der Waals surface area contributed by atoms with E-state index in [2.05, 4.69) is 0 Å². The van der Waals surface area contributed by atoms with Gasteiger partial charge in [-0.2, -0.15) is 0 Å². The Balaban J connectivity index is 1.66. The molecule has 2 aliphatic heterocycles. The fraction of sp³-hybridized carbons (Fsp3) is 0.125. The average Bonchev–Trinajstić information content (AvgIpc) is 3.31. The molecule has 0 amide bonds. The zero-order valence-electron chi connectivity index (χ0n) is 17.8. The SMILES string of the molecule is COc1ccc(C(=O)C2=CN(c3ccc4c(c3)OCO4)c3ccccc3S2(=O)=O)cc1OC. The van der Waals surface area contributed by atoms with Gasteiger partial charge in [-0.3, -0.25) is 4.79 Å². The number of hydrogen-bond acceptors (Lipinski definition) is 8. The maximum atomic E-state index is 13.4. The number of benzene rings is 3. The van der Waals surface area contributed by atoms with Crippen molar-refractivity contribution in [2.24, 2.45) is 0 Å². The van der Waals surface area contributed by atoms with Crippen LogP contribution in [0, 0.1) is 0 Å². The van der Waals surface area contributed by atoms with Crippen LogP contribution in [0.1, 0.15) is 10.4 Å². The van der Waals surface area contributed by atoms with Gasteiger partial charge < -0.3 is 23.8 Å². The maximum absolute atomic E-state index is 13.4. The number of nitrogens with zero attached hydrogens (tertiary/aromatic N) is 1. The number of allylic oxidation sites excluding steroid dienone is 1. The zero-order valence-corrected chi connectivity index (χ0v) is 18.6. The van der Waals surface area contributed by atoms with Gasteiger partial charge in [0.25, 0.3) is 0 Å². The van der Waals surface area contributed by atoms with Crippen LogP contribution in [-0.2, 0) is 9.84 Å². The monoisotopic (exact) mass is 465 g/mol. The number of ketones is 1.